The number of hydrogen-bond donors (Lipinski definition) is 1. The summed E-state index contributed by atoms with van der Waals surface area (Å²) in [6, 6.07) is 3.23. The zero-order valence-corrected chi connectivity index (χ0v) is 13.5. The highest BCUT2D eigenvalue weighted by Gasteiger charge is 2.25. The molecule has 1 atom stereocenters. The number of nitrogens with zero attached hydrogens (tertiary/aromatic N) is 4. The lowest BCUT2D eigenvalue weighted by Gasteiger charge is -2.21. The molecule has 0 amide bonds. The van der Waals surface area contributed by atoms with Crippen LogP contribution in [0.25, 0.3) is 0 Å². The smallest absolute Gasteiger partial charge is 0.167 e. The number of hydrogen-bond acceptors (Lipinski definition) is 5. The molecule has 1 N–H and O–H groups in total. The van der Waals surface area contributed by atoms with E-state index in [1.165, 1.54) is 0 Å². The van der Waals surface area contributed by atoms with Crippen molar-refractivity contribution < 1.29 is 0 Å². The van der Waals surface area contributed by atoms with Gasteiger partial charge in [0.05, 0.1) is 5.69 Å². The zero-order valence-electron chi connectivity index (χ0n) is 13.5. The Morgan fingerprint density at radius 1 is 1.33 bits per heavy atom. The fraction of sp³-hybridized carbons (Fsp3) is 0.688. The summed E-state index contributed by atoms with van der Waals surface area (Å²) >= 11 is 0. The van der Waals surface area contributed by atoms with Crippen LogP contribution in [0.3, 0.4) is 0 Å². The molecule has 1 saturated heterocycles. The average molecular weight is 287 g/mol. The van der Waals surface area contributed by atoms with E-state index in [0.717, 1.165) is 43.6 Å². The molecule has 1 aliphatic rings. The lowest BCUT2D eigenvalue weighted by molar-refractivity contribution is 0.274. The van der Waals surface area contributed by atoms with E-state index < -0.39 is 0 Å². The Balaban J connectivity index is 2.20. The largest absolute Gasteiger partial charge is 0.363 e. The number of nitriles is 1. The molecule has 0 saturated carbocycles. The Bertz CT molecular complexity index is 532. The van der Waals surface area contributed by atoms with Gasteiger partial charge in [0.15, 0.2) is 5.82 Å². The first-order chi connectivity index (χ1) is 10.1. The zero-order chi connectivity index (χ0) is 15.4. The molecule has 0 spiro atoms. The fourth-order valence-corrected chi connectivity index (χ4v) is 2.96. The second-order valence-corrected chi connectivity index (χ2v) is 5.89. The van der Waals surface area contributed by atoms with Gasteiger partial charge >= 0.3 is 0 Å². The highest BCUT2D eigenvalue weighted by molar-refractivity contribution is 5.57. The van der Waals surface area contributed by atoms with Crippen molar-refractivity contribution in [2.45, 2.75) is 59.0 Å². The van der Waals surface area contributed by atoms with E-state index in [4.69, 9.17) is 0 Å². The molecule has 1 aliphatic heterocycles. The number of likely N-dealkylation sites (tertiary alicyclic amines) is 1. The maximum atomic E-state index is 9.50. The molecule has 0 bridgehead atoms. The number of rotatable bonds is 5. The minimum absolute atomic E-state index is 0.353. The molecule has 5 heteroatoms. The first-order valence-electron chi connectivity index (χ1n) is 7.89. The molecule has 1 aromatic rings. The van der Waals surface area contributed by atoms with Crippen molar-refractivity contribution in [3.8, 4) is 6.07 Å². The van der Waals surface area contributed by atoms with Crippen LogP contribution in [0.4, 0.5) is 5.82 Å². The van der Waals surface area contributed by atoms with Crippen LogP contribution in [0.1, 0.15) is 50.9 Å². The van der Waals surface area contributed by atoms with Gasteiger partial charge in [-0.05, 0) is 38.7 Å². The minimum Gasteiger partial charge on any atom is -0.363 e. The van der Waals surface area contributed by atoms with Crippen molar-refractivity contribution in [1.82, 2.24) is 15.1 Å². The van der Waals surface area contributed by atoms with Gasteiger partial charge in [-0.2, -0.15) is 10.4 Å². The molecule has 0 aromatic carbocycles. The maximum absolute atomic E-state index is 9.50. The number of aromatic nitrogens is 2. The summed E-state index contributed by atoms with van der Waals surface area (Å²) in [4.78, 5) is 2.44. The van der Waals surface area contributed by atoms with Gasteiger partial charge in [0, 0.05) is 25.2 Å². The SMILES string of the molecule is CCc1nnc(NC2CCN(C(C)C)C2)c(C#N)c1CC. The van der Waals surface area contributed by atoms with Crippen molar-refractivity contribution >= 4 is 5.82 Å². The molecule has 1 unspecified atom stereocenters. The standard InChI is InChI=1S/C16H25N5/c1-5-13-14(9-17)16(20-19-15(13)6-2)18-12-7-8-21(10-12)11(3)4/h11-12H,5-8,10H2,1-4H3,(H,18,20). The van der Waals surface area contributed by atoms with Gasteiger partial charge in [-0.15, -0.1) is 5.10 Å². The first-order valence-corrected chi connectivity index (χ1v) is 7.89. The van der Waals surface area contributed by atoms with Crippen molar-refractivity contribution in [3.63, 3.8) is 0 Å². The lowest BCUT2D eigenvalue weighted by Crippen LogP contribution is -2.31. The van der Waals surface area contributed by atoms with Crippen LogP contribution >= 0.6 is 0 Å². The molecule has 5 nitrogen and oxygen atoms in total. The average Bonchev–Trinajstić information content (AvgIpc) is 2.95. The molecule has 0 aliphatic carbocycles. The summed E-state index contributed by atoms with van der Waals surface area (Å²) in [6.45, 7) is 10.6. The second-order valence-electron chi connectivity index (χ2n) is 5.89. The highest BCUT2D eigenvalue weighted by Crippen LogP contribution is 2.23. The van der Waals surface area contributed by atoms with Gasteiger partial charge in [0.1, 0.15) is 11.6 Å². The van der Waals surface area contributed by atoms with Crippen LogP contribution < -0.4 is 5.32 Å². The van der Waals surface area contributed by atoms with Crippen LogP contribution in [0.2, 0.25) is 0 Å². The molecular weight excluding hydrogens is 262 g/mol. The first kappa shape index (κ1) is 15.7. The van der Waals surface area contributed by atoms with E-state index >= 15 is 0 Å². The van der Waals surface area contributed by atoms with E-state index in [1.807, 2.05) is 0 Å². The topological polar surface area (TPSA) is 64.8 Å². The van der Waals surface area contributed by atoms with Crippen molar-refractivity contribution in [1.29, 1.82) is 5.26 Å². The molecule has 1 aromatic heterocycles. The summed E-state index contributed by atoms with van der Waals surface area (Å²) in [5.74, 6) is 0.655. The molecule has 2 heterocycles. The molecule has 2 rings (SSSR count). The van der Waals surface area contributed by atoms with Crippen LogP contribution in [0, 0.1) is 11.3 Å². The molecule has 0 radical (unpaired) electrons. The van der Waals surface area contributed by atoms with Gasteiger partial charge in [0.25, 0.3) is 0 Å². The van der Waals surface area contributed by atoms with Gasteiger partial charge in [-0.3, -0.25) is 4.90 Å². The van der Waals surface area contributed by atoms with Gasteiger partial charge in [-0.25, -0.2) is 0 Å². The third-order valence-corrected chi connectivity index (χ3v) is 4.25. The summed E-state index contributed by atoms with van der Waals surface area (Å²) in [7, 11) is 0. The van der Waals surface area contributed by atoms with Crippen molar-refractivity contribution in [3.05, 3.63) is 16.8 Å². The monoisotopic (exact) mass is 287 g/mol. The Morgan fingerprint density at radius 3 is 2.62 bits per heavy atom. The van der Waals surface area contributed by atoms with E-state index in [-0.39, 0.29) is 0 Å². The van der Waals surface area contributed by atoms with Crippen LogP contribution in [-0.2, 0) is 12.8 Å². The van der Waals surface area contributed by atoms with Crippen molar-refractivity contribution in [2.24, 2.45) is 0 Å². The van der Waals surface area contributed by atoms with E-state index in [0.29, 0.717) is 23.5 Å². The summed E-state index contributed by atoms with van der Waals surface area (Å²) in [5.41, 5.74) is 2.65. The van der Waals surface area contributed by atoms with Crippen LogP contribution in [0.5, 0.6) is 0 Å². The van der Waals surface area contributed by atoms with Gasteiger partial charge < -0.3 is 5.32 Å². The van der Waals surface area contributed by atoms with Gasteiger partial charge in [-0.1, -0.05) is 13.8 Å². The summed E-state index contributed by atoms with van der Waals surface area (Å²) in [6.07, 6.45) is 2.72. The minimum atomic E-state index is 0.353. The highest BCUT2D eigenvalue weighted by atomic mass is 15.2. The Labute approximate surface area is 127 Å². The molecular formula is C16H25N5. The Hall–Kier alpha value is -1.67. The van der Waals surface area contributed by atoms with Crippen LogP contribution in [0.15, 0.2) is 0 Å². The predicted molar refractivity (Wildman–Crippen MR) is 84.2 cm³/mol. The summed E-state index contributed by atoms with van der Waals surface area (Å²) in [5, 5.41) is 21.5. The summed E-state index contributed by atoms with van der Waals surface area (Å²) < 4.78 is 0. The number of aryl methyl sites for hydroxylation is 1. The fourth-order valence-electron chi connectivity index (χ4n) is 2.96. The van der Waals surface area contributed by atoms with E-state index in [2.05, 4.69) is 54.2 Å². The Kier molecular flexibility index (Phi) is 5.13. The third-order valence-electron chi connectivity index (χ3n) is 4.25. The second kappa shape index (κ2) is 6.86. The van der Waals surface area contributed by atoms with E-state index in [9.17, 15) is 5.26 Å². The predicted octanol–water partition coefficient (Wildman–Crippen LogP) is 2.37. The van der Waals surface area contributed by atoms with Crippen molar-refractivity contribution in [2.75, 3.05) is 18.4 Å². The van der Waals surface area contributed by atoms with Crippen LogP contribution in [-0.4, -0.2) is 40.3 Å². The van der Waals surface area contributed by atoms with Gasteiger partial charge in [0.2, 0.25) is 0 Å². The normalized spacial score (nSPS) is 19.0. The molecule has 114 valence electrons. The lowest BCUT2D eigenvalue weighted by atomic mass is 10.0. The van der Waals surface area contributed by atoms with E-state index in [1.54, 1.807) is 0 Å². The quantitative estimate of drug-likeness (QED) is 0.900. The number of nitrogens with one attached hydrogen (secondary N) is 1. The number of anilines is 1. The molecule has 21 heavy (non-hydrogen) atoms. The third kappa shape index (κ3) is 3.33. The maximum Gasteiger partial charge on any atom is 0.167 e. The molecule has 1 fully saturated rings. The Morgan fingerprint density at radius 2 is 2.10 bits per heavy atom.